The zero-order valence-corrected chi connectivity index (χ0v) is 15.9. The van der Waals surface area contributed by atoms with Gasteiger partial charge in [-0.1, -0.05) is 32.0 Å². The molecule has 0 radical (unpaired) electrons. The van der Waals surface area contributed by atoms with Gasteiger partial charge >= 0.3 is 0 Å². The third-order valence-corrected chi connectivity index (χ3v) is 6.53. The smallest absolute Gasteiger partial charge is 0.250 e. The number of aryl methyl sites for hydroxylation is 1. The number of hydrogen-bond donors (Lipinski definition) is 2. The van der Waals surface area contributed by atoms with Crippen LogP contribution in [-0.2, 0) is 21.4 Å². The Morgan fingerprint density at radius 1 is 1.28 bits per heavy atom. The summed E-state index contributed by atoms with van der Waals surface area (Å²) in [6.45, 7) is 5.30. The number of nitrogens with one attached hydrogen (secondary N) is 2. The Balaban J connectivity index is 2.06. The molecule has 8 heteroatoms. The van der Waals surface area contributed by atoms with Crippen LogP contribution in [0.25, 0.3) is 0 Å². The van der Waals surface area contributed by atoms with Crippen molar-refractivity contribution >= 4 is 27.3 Å². The van der Waals surface area contributed by atoms with E-state index in [1.165, 1.54) is 12.1 Å². The molecule has 1 atom stereocenters. The van der Waals surface area contributed by atoms with Gasteiger partial charge in [-0.2, -0.15) is 4.72 Å². The Morgan fingerprint density at radius 3 is 2.56 bits per heavy atom. The fourth-order valence-corrected chi connectivity index (χ4v) is 4.53. The Kier molecular flexibility index (Phi) is 6.31. The van der Waals surface area contributed by atoms with Crippen LogP contribution in [-0.4, -0.2) is 20.4 Å². The maximum Gasteiger partial charge on any atom is 0.250 e. The van der Waals surface area contributed by atoms with Gasteiger partial charge in [0.25, 0.3) is 10.0 Å². The summed E-state index contributed by atoms with van der Waals surface area (Å²) in [6, 6.07) is 6.92. The van der Waals surface area contributed by atoms with Gasteiger partial charge in [0.05, 0.1) is 0 Å². The molecule has 2 aromatic rings. The molecule has 0 fully saturated rings. The van der Waals surface area contributed by atoms with Gasteiger partial charge in [-0.3, -0.25) is 4.79 Å². The van der Waals surface area contributed by atoms with Gasteiger partial charge in [-0.15, -0.1) is 11.3 Å². The van der Waals surface area contributed by atoms with Crippen LogP contribution in [0.4, 0.5) is 4.39 Å². The molecule has 0 saturated carbocycles. The van der Waals surface area contributed by atoms with Crippen LogP contribution in [0.5, 0.6) is 0 Å². The summed E-state index contributed by atoms with van der Waals surface area (Å²) in [5.41, 5.74) is 1.14. The average molecular weight is 384 g/mol. The highest BCUT2D eigenvalue weighted by atomic mass is 32.2. The molecule has 2 N–H and O–H groups in total. The second kappa shape index (κ2) is 8.07. The van der Waals surface area contributed by atoms with E-state index in [2.05, 4.69) is 10.0 Å². The van der Waals surface area contributed by atoms with Crippen molar-refractivity contribution in [2.24, 2.45) is 5.92 Å². The molecule has 2 rings (SSSR count). The van der Waals surface area contributed by atoms with Crippen molar-refractivity contribution in [2.75, 3.05) is 0 Å². The fourth-order valence-electron chi connectivity index (χ4n) is 2.18. The van der Waals surface area contributed by atoms with Crippen LogP contribution in [0.15, 0.2) is 39.9 Å². The quantitative estimate of drug-likeness (QED) is 0.771. The normalized spacial score (nSPS) is 13.0. The van der Waals surface area contributed by atoms with Crippen LogP contribution in [0.3, 0.4) is 0 Å². The molecule has 0 saturated heterocycles. The Labute approximate surface area is 151 Å². The van der Waals surface area contributed by atoms with Crippen molar-refractivity contribution in [1.29, 1.82) is 0 Å². The van der Waals surface area contributed by atoms with Gasteiger partial charge < -0.3 is 5.32 Å². The molecule has 5 nitrogen and oxygen atoms in total. The van der Waals surface area contributed by atoms with Gasteiger partial charge in [0.15, 0.2) is 0 Å². The monoisotopic (exact) mass is 384 g/mol. The summed E-state index contributed by atoms with van der Waals surface area (Å²) in [5, 5.41) is 4.32. The van der Waals surface area contributed by atoms with E-state index >= 15 is 0 Å². The maximum absolute atomic E-state index is 13.6. The highest BCUT2D eigenvalue weighted by Gasteiger charge is 2.28. The first kappa shape index (κ1) is 19.6. The molecular formula is C17H21FN2O3S2. The molecule has 25 heavy (non-hydrogen) atoms. The molecule has 1 amide bonds. The predicted octanol–water partition coefficient (Wildman–Crippen LogP) is 2.81. The van der Waals surface area contributed by atoms with E-state index in [0.717, 1.165) is 11.3 Å². The lowest BCUT2D eigenvalue weighted by molar-refractivity contribution is -0.123. The summed E-state index contributed by atoms with van der Waals surface area (Å²) in [4.78, 5) is 12.4. The molecule has 1 aromatic carbocycles. The van der Waals surface area contributed by atoms with E-state index in [1.54, 1.807) is 44.4 Å². The van der Waals surface area contributed by atoms with Crippen molar-refractivity contribution in [3.63, 3.8) is 0 Å². The van der Waals surface area contributed by atoms with E-state index in [0.29, 0.717) is 11.1 Å². The predicted molar refractivity (Wildman–Crippen MR) is 96.3 cm³/mol. The van der Waals surface area contributed by atoms with Crippen molar-refractivity contribution in [3.8, 4) is 0 Å². The first-order valence-electron chi connectivity index (χ1n) is 7.79. The minimum absolute atomic E-state index is 0.125. The van der Waals surface area contributed by atoms with Gasteiger partial charge in [-0.25, -0.2) is 12.8 Å². The SMILES string of the molecule is Cc1ccc(CNC(=O)[C@H](NS(=O)(=O)c2cccs2)C(C)C)cc1F. The first-order chi connectivity index (χ1) is 11.7. The van der Waals surface area contributed by atoms with E-state index < -0.39 is 22.0 Å². The highest BCUT2D eigenvalue weighted by molar-refractivity contribution is 7.91. The summed E-state index contributed by atoms with van der Waals surface area (Å²) in [6.07, 6.45) is 0. The van der Waals surface area contributed by atoms with Crippen LogP contribution in [0.1, 0.15) is 25.0 Å². The molecule has 0 aliphatic rings. The van der Waals surface area contributed by atoms with E-state index in [1.807, 2.05) is 0 Å². The highest BCUT2D eigenvalue weighted by Crippen LogP contribution is 2.17. The first-order valence-corrected chi connectivity index (χ1v) is 10.2. The number of thiophene rings is 1. The summed E-state index contributed by atoms with van der Waals surface area (Å²) >= 11 is 1.08. The maximum atomic E-state index is 13.6. The number of amides is 1. The molecule has 0 aliphatic heterocycles. The molecule has 1 heterocycles. The number of hydrogen-bond acceptors (Lipinski definition) is 4. The van der Waals surface area contributed by atoms with Crippen molar-refractivity contribution in [3.05, 3.63) is 52.7 Å². The number of sulfonamides is 1. The third kappa shape index (κ3) is 5.10. The van der Waals surface area contributed by atoms with Crippen molar-refractivity contribution in [1.82, 2.24) is 10.0 Å². The lowest BCUT2D eigenvalue weighted by Gasteiger charge is -2.21. The van der Waals surface area contributed by atoms with Gasteiger partial charge in [-0.05, 0) is 41.5 Å². The minimum atomic E-state index is -3.75. The Bertz CT molecular complexity index is 834. The van der Waals surface area contributed by atoms with E-state index in [4.69, 9.17) is 0 Å². The van der Waals surface area contributed by atoms with E-state index in [-0.39, 0.29) is 22.5 Å². The number of carbonyl (C=O) groups excluding carboxylic acids is 1. The summed E-state index contributed by atoms with van der Waals surface area (Å²) in [7, 11) is -3.75. The Morgan fingerprint density at radius 2 is 2.00 bits per heavy atom. The standard InChI is InChI=1S/C17H21FN2O3S2/c1-11(2)16(20-25(22,23)15-5-4-8-24-15)17(21)19-10-13-7-6-12(3)14(18)9-13/h4-9,11,16,20H,10H2,1-3H3,(H,19,21)/t16-/m1/s1. The summed E-state index contributed by atoms with van der Waals surface area (Å²) < 4.78 is 40.9. The van der Waals surface area contributed by atoms with Gasteiger partial charge in [0.2, 0.25) is 5.91 Å². The Hall–Kier alpha value is -1.77. The lowest BCUT2D eigenvalue weighted by atomic mass is 10.0. The number of rotatable bonds is 7. The van der Waals surface area contributed by atoms with E-state index in [9.17, 15) is 17.6 Å². The molecule has 0 unspecified atom stereocenters. The van der Waals surface area contributed by atoms with Gasteiger partial charge in [0.1, 0.15) is 16.1 Å². The molecule has 1 aromatic heterocycles. The van der Waals surface area contributed by atoms with Crippen molar-refractivity contribution < 1.29 is 17.6 Å². The second-order valence-corrected chi connectivity index (χ2v) is 8.96. The van der Waals surface area contributed by atoms with Crippen LogP contribution >= 0.6 is 11.3 Å². The largest absolute Gasteiger partial charge is 0.351 e. The van der Waals surface area contributed by atoms with Crippen LogP contribution in [0.2, 0.25) is 0 Å². The molecule has 0 bridgehead atoms. The molecule has 0 aliphatic carbocycles. The molecule has 136 valence electrons. The summed E-state index contributed by atoms with van der Waals surface area (Å²) in [5.74, 6) is -1.04. The number of benzene rings is 1. The number of carbonyl (C=O) groups is 1. The number of halogens is 1. The molecular weight excluding hydrogens is 363 g/mol. The van der Waals surface area contributed by atoms with Crippen LogP contribution in [0, 0.1) is 18.7 Å². The zero-order valence-electron chi connectivity index (χ0n) is 14.2. The fraction of sp³-hybridized carbons (Fsp3) is 0.353. The molecule has 0 spiro atoms. The topological polar surface area (TPSA) is 75.3 Å². The minimum Gasteiger partial charge on any atom is -0.351 e. The van der Waals surface area contributed by atoms with Gasteiger partial charge in [0, 0.05) is 6.54 Å². The third-order valence-electron chi connectivity index (χ3n) is 3.69. The lowest BCUT2D eigenvalue weighted by Crippen LogP contribution is -2.49. The average Bonchev–Trinajstić information content (AvgIpc) is 3.08. The van der Waals surface area contributed by atoms with Crippen LogP contribution < -0.4 is 10.0 Å². The van der Waals surface area contributed by atoms with Crippen molar-refractivity contribution in [2.45, 2.75) is 37.6 Å². The second-order valence-electron chi connectivity index (χ2n) is 6.08. The zero-order chi connectivity index (χ0) is 18.6.